The van der Waals surface area contributed by atoms with E-state index >= 15 is 0 Å². The Morgan fingerprint density at radius 3 is 2.79 bits per heavy atom. The third-order valence-corrected chi connectivity index (χ3v) is 3.89. The topological polar surface area (TPSA) is 47.7 Å². The maximum atomic E-state index is 4.65. The molecule has 3 rings (SSSR count). The Kier molecular flexibility index (Phi) is 3.14. The summed E-state index contributed by atoms with van der Waals surface area (Å²) < 4.78 is 4.10. The Morgan fingerprint density at radius 1 is 1.37 bits per heavy atom. The molecular weight excluding hydrogens is 238 g/mol. The van der Waals surface area contributed by atoms with Gasteiger partial charge < -0.3 is 9.88 Å². The minimum atomic E-state index is 0.733. The van der Waals surface area contributed by atoms with Crippen LogP contribution in [0.25, 0.3) is 0 Å². The third kappa shape index (κ3) is 2.56. The van der Waals surface area contributed by atoms with Crippen LogP contribution in [0, 0.1) is 13.8 Å². The Morgan fingerprint density at radius 2 is 2.16 bits per heavy atom. The van der Waals surface area contributed by atoms with Crippen LogP contribution < -0.4 is 5.32 Å². The molecule has 0 saturated heterocycles. The fourth-order valence-electron chi connectivity index (χ4n) is 2.36. The largest absolute Gasteiger partial charge is 0.336 e. The zero-order valence-electron chi connectivity index (χ0n) is 11.8. The number of aryl methyl sites for hydroxylation is 2. The van der Waals surface area contributed by atoms with Gasteiger partial charge in [0, 0.05) is 43.3 Å². The lowest BCUT2D eigenvalue weighted by Crippen LogP contribution is -2.16. The van der Waals surface area contributed by atoms with Crippen LogP contribution in [0.1, 0.15) is 35.6 Å². The van der Waals surface area contributed by atoms with Crippen LogP contribution >= 0.6 is 0 Å². The molecule has 2 heterocycles. The van der Waals surface area contributed by atoms with E-state index in [1.54, 1.807) is 0 Å². The van der Waals surface area contributed by atoms with Crippen LogP contribution in [-0.2, 0) is 20.1 Å². The molecule has 2 aromatic rings. The molecule has 102 valence electrons. The van der Waals surface area contributed by atoms with Gasteiger partial charge in [-0.1, -0.05) is 0 Å². The molecule has 1 aliphatic rings. The van der Waals surface area contributed by atoms with Gasteiger partial charge in [-0.15, -0.1) is 0 Å². The summed E-state index contributed by atoms with van der Waals surface area (Å²) >= 11 is 0. The van der Waals surface area contributed by atoms with Crippen molar-refractivity contribution in [2.24, 2.45) is 7.05 Å². The summed E-state index contributed by atoms with van der Waals surface area (Å²) in [5, 5.41) is 8.21. The molecule has 0 aromatic carbocycles. The zero-order chi connectivity index (χ0) is 13.4. The van der Waals surface area contributed by atoms with Crippen molar-refractivity contribution >= 4 is 0 Å². The summed E-state index contributed by atoms with van der Waals surface area (Å²) in [5.74, 6) is 1.03. The SMILES string of the molecule is Cc1nn(Cc2nccn2C)c(C)c1CNC1CC1. The van der Waals surface area contributed by atoms with Crippen LogP contribution in [0.4, 0.5) is 0 Å². The van der Waals surface area contributed by atoms with Crippen LogP contribution in [0.5, 0.6) is 0 Å². The van der Waals surface area contributed by atoms with Gasteiger partial charge in [-0.2, -0.15) is 5.10 Å². The average Bonchev–Trinajstić information content (AvgIpc) is 3.06. The number of hydrogen-bond acceptors (Lipinski definition) is 3. The smallest absolute Gasteiger partial charge is 0.130 e. The van der Waals surface area contributed by atoms with Crippen molar-refractivity contribution in [2.75, 3.05) is 0 Å². The van der Waals surface area contributed by atoms with E-state index in [1.165, 1.54) is 24.1 Å². The fourth-order valence-corrected chi connectivity index (χ4v) is 2.36. The second-order valence-electron chi connectivity index (χ2n) is 5.42. The number of imidazole rings is 1. The zero-order valence-corrected chi connectivity index (χ0v) is 11.8. The summed E-state index contributed by atoms with van der Waals surface area (Å²) in [4.78, 5) is 4.36. The molecule has 2 aromatic heterocycles. The second kappa shape index (κ2) is 4.81. The van der Waals surface area contributed by atoms with Gasteiger partial charge in [-0.25, -0.2) is 4.98 Å². The van der Waals surface area contributed by atoms with Gasteiger partial charge in [0.25, 0.3) is 0 Å². The van der Waals surface area contributed by atoms with Gasteiger partial charge in [0.05, 0.1) is 12.2 Å². The highest BCUT2D eigenvalue weighted by atomic mass is 15.3. The van der Waals surface area contributed by atoms with Crippen LogP contribution in [0.3, 0.4) is 0 Å². The number of aromatic nitrogens is 4. The van der Waals surface area contributed by atoms with Crippen molar-refractivity contribution in [1.82, 2.24) is 24.6 Å². The quantitative estimate of drug-likeness (QED) is 0.886. The standard InChI is InChI=1S/C14H21N5/c1-10-13(8-16-12-4-5-12)11(2)19(17-10)9-14-15-6-7-18(14)3/h6-7,12,16H,4-5,8-9H2,1-3H3. The van der Waals surface area contributed by atoms with Gasteiger partial charge in [0.15, 0.2) is 0 Å². The highest BCUT2D eigenvalue weighted by Gasteiger charge is 2.21. The van der Waals surface area contributed by atoms with Crippen LogP contribution in [0.2, 0.25) is 0 Å². The van der Waals surface area contributed by atoms with Crippen molar-refractivity contribution in [1.29, 1.82) is 0 Å². The molecule has 1 fully saturated rings. The lowest BCUT2D eigenvalue weighted by atomic mass is 10.2. The van der Waals surface area contributed by atoms with Crippen molar-refractivity contribution in [3.05, 3.63) is 35.2 Å². The van der Waals surface area contributed by atoms with Gasteiger partial charge in [-0.3, -0.25) is 4.68 Å². The predicted molar refractivity (Wildman–Crippen MR) is 73.9 cm³/mol. The number of nitrogens with one attached hydrogen (secondary N) is 1. The second-order valence-corrected chi connectivity index (χ2v) is 5.42. The van der Waals surface area contributed by atoms with Crippen molar-refractivity contribution < 1.29 is 0 Å². The van der Waals surface area contributed by atoms with Gasteiger partial charge in [-0.05, 0) is 26.7 Å². The maximum Gasteiger partial charge on any atom is 0.130 e. The molecular formula is C14H21N5. The molecule has 0 spiro atoms. The van der Waals surface area contributed by atoms with E-state index in [1.807, 2.05) is 24.0 Å². The predicted octanol–water partition coefficient (Wildman–Crippen LogP) is 1.53. The molecule has 1 aliphatic carbocycles. The maximum absolute atomic E-state index is 4.65. The van der Waals surface area contributed by atoms with E-state index < -0.39 is 0 Å². The summed E-state index contributed by atoms with van der Waals surface area (Å²) in [7, 11) is 2.02. The van der Waals surface area contributed by atoms with Gasteiger partial charge in [0.2, 0.25) is 0 Å². The monoisotopic (exact) mass is 259 g/mol. The van der Waals surface area contributed by atoms with Crippen LogP contribution in [-0.4, -0.2) is 25.4 Å². The van der Waals surface area contributed by atoms with E-state index in [4.69, 9.17) is 0 Å². The highest BCUT2D eigenvalue weighted by molar-refractivity contribution is 5.25. The van der Waals surface area contributed by atoms with E-state index in [0.717, 1.165) is 30.6 Å². The summed E-state index contributed by atoms with van der Waals surface area (Å²) in [6.45, 7) is 5.90. The molecule has 0 bridgehead atoms. The Bertz CT molecular complexity index is 577. The summed E-state index contributed by atoms with van der Waals surface area (Å²) in [5.41, 5.74) is 3.70. The Balaban J connectivity index is 1.78. The molecule has 0 radical (unpaired) electrons. The molecule has 0 unspecified atom stereocenters. The number of hydrogen-bond donors (Lipinski definition) is 1. The van der Waals surface area contributed by atoms with Crippen molar-refractivity contribution in [3.63, 3.8) is 0 Å². The van der Waals surface area contributed by atoms with Gasteiger partial charge >= 0.3 is 0 Å². The Labute approximate surface area is 113 Å². The Hall–Kier alpha value is -1.62. The highest BCUT2D eigenvalue weighted by Crippen LogP contribution is 2.21. The molecule has 0 aliphatic heterocycles. The van der Waals surface area contributed by atoms with Crippen LogP contribution in [0.15, 0.2) is 12.4 Å². The summed E-state index contributed by atoms with van der Waals surface area (Å²) in [6.07, 6.45) is 6.44. The van der Waals surface area contributed by atoms with E-state index in [2.05, 4.69) is 33.9 Å². The lowest BCUT2D eigenvalue weighted by molar-refractivity contribution is 0.610. The van der Waals surface area contributed by atoms with Gasteiger partial charge in [0.1, 0.15) is 5.82 Å². The lowest BCUT2D eigenvalue weighted by Gasteiger charge is -2.06. The van der Waals surface area contributed by atoms with E-state index in [-0.39, 0.29) is 0 Å². The van der Waals surface area contributed by atoms with Crippen molar-refractivity contribution in [3.8, 4) is 0 Å². The van der Waals surface area contributed by atoms with E-state index in [0.29, 0.717) is 0 Å². The molecule has 1 saturated carbocycles. The molecule has 5 heteroatoms. The first kappa shape index (κ1) is 12.4. The summed E-state index contributed by atoms with van der Waals surface area (Å²) in [6, 6.07) is 0.733. The molecule has 1 N–H and O–H groups in total. The van der Waals surface area contributed by atoms with Crippen molar-refractivity contribution in [2.45, 2.75) is 45.8 Å². The average molecular weight is 259 g/mol. The molecule has 0 amide bonds. The molecule has 5 nitrogen and oxygen atoms in total. The first-order valence-electron chi connectivity index (χ1n) is 6.87. The fraction of sp³-hybridized carbons (Fsp3) is 0.571. The number of nitrogens with zero attached hydrogens (tertiary/aromatic N) is 4. The first-order valence-corrected chi connectivity index (χ1v) is 6.87. The van der Waals surface area contributed by atoms with E-state index in [9.17, 15) is 0 Å². The minimum Gasteiger partial charge on any atom is -0.336 e. The third-order valence-electron chi connectivity index (χ3n) is 3.89. The number of rotatable bonds is 5. The minimum absolute atomic E-state index is 0.733. The molecule has 0 atom stereocenters. The molecule has 19 heavy (non-hydrogen) atoms. The first-order chi connectivity index (χ1) is 9.15. The normalized spacial score (nSPS) is 15.1.